The number of halogens is 1. The van der Waals surface area contributed by atoms with Gasteiger partial charge in [-0.2, -0.15) is 0 Å². The number of thioether (sulfide) groups is 1. The summed E-state index contributed by atoms with van der Waals surface area (Å²) in [5, 5.41) is 8.79. The van der Waals surface area contributed by atoms with E-state index in [2.05, 4.69) is 16.0 Å². The average molecular weight is 368 g/mol. The molecule has 3 rings (SSSR count). The fourth-order valence-electron chi connectivity index (χ4n) is 2.18. The van der Waals surface area contributed by atoms with Crippen LogP contribution in [0.1, 0.15) is 16.1 Å². The van der Waals surface area contributed by atoms with Gasteiger partial charge in [0.1, 0.15) is 0 Å². The minimum absolute atomic E-state index is 0. The summed E-state index contributed by atoms with van der Waals surface area (Å²) < 4.78 is 5.04. The molecule has 1 saturated heterocycles. The Morgan fingerprint density at radius 3 is 2.67 bits per heavy atom. The van der Waals surface area contributed by atoms with Gasteiger partial charge in [-0.1, -0.05) is 12.1 Å². The van der Waals surface area contributed by atoms with Crippen molar-refractivity contribution in [3.63, 3.8) is 0 Å². The highest BCUT2D eigenvalue weighted by Crippen LogP contribution is 2.13. The Morgan fingerprint density at radius 1 is 1.25 bits per heavy atom. The molecule has 0 radical (unpaired) electrons. The zero-order valence-corrected chi connectivity index (χ0v) is 14.4. The van der Waals surface area contributed by atoms with Crippen LogP contribution in [0, 0.1) is 0 Å². The molecule has 1 aromatic heterocycles. The second-order valence-corrected chi connectivity index (χ2v) is 6.15. The van der Waals surface area contributed by atoms with E-state index in [4.69, 9.17) is 4.42 Å². The normalized spacial score (nSPS) is 16.2. The number of hydrogen-bond donors (Lipinski definition) is 3. The van der Waals surface area contributed by atoms with Crippen LogP contribution in [0.15, 0.2) is 47.1 Å². The zero-order chi connectivity index (χ0) is 16.1. The van der Waals surface area contributed by atoms with E-state index >= 15 is 0 Å². The molecule has 1 aliphatic rings. The lowest BCUT2D eigenvalue weighted by Crippen LogP contribution is -2.41. The van der Waals surface area contributed by atoms with Crippen LogP contribution < -0.4 is 16.0 Å². The number of carbonyl (C=O) groups is 2. The summed E-state index contributed by atoms with van der Waals surface area (Å²) in [4.78, 5) is 23.8. The van der Waals surface area contributed by atoms with Crippen LogP contribution in [0.3, 0.4) is 0 Å². The molecule has 2 heterocycles. The van der Waals surface area contributed by atoms with Gasteiger partial charge in [0.15, 0.2) is 5.76 Å². The van der Waals surface area contributed by atoms with Crippen molar-refractivity contribution in [3.05, 3.63) is 54.0 Å². The lowest BCUT2D eigenvalue weighted by Gasteiger charge is -2.11. The molecule has 0 bridgehead atoms. The molecule has 1 atom stereocenters. The number of rotatable bonds is 5. The molecule has 0 saturated carbocycles. The van der Waals surface area contributed by atoms with Gasteiger partial charge in [0, 0.05) is 23.9 Å². The van der Waals surface area contributed by atoms with Crippen molar-refractivity contribution in [2.75, 3.05) is 16.9 Å². The molecule has 3 N–H and O–H groups in total. The van der Waals surface area contributed by atoms with E-state index in [-0.39, 0.29) is 36.0 Å². The van der Waals surface area contributed by atoms with Crippen LogP contribution in [0.2, 0.25) is 0 Å². The van der Waals surface area contributed by atoms with Crippen LogP contribution in [-0.2, 0) is 11.3 Å². The van der Waals surface area contributed by atoms with E-state index in [1.165, 1.54) is 6.26 Å². The highest BCUT2D eigenvalue weighted by Gasteiger charge is 2.21. The third-order valence-electron chi connectivity index (χ3n) is 3.46. The topological polar surface area (TPSA) is 83.4 Å². The number of anilines is 1. The van der Waals surface area contributed by atoms with Crippen molar-refractivity contribution in [1.29, 1.82) is 0 Å². The van der Waals surface area contributed by atoms with E-state index in [9.17, 15) is 9.59 Å². The molecule has 2 aromatic rings. The molecule has 6 nitrogen and oxygen atoms in total. The fraction of sp³-hybridized carbons (Fsp3) is 0.250. The Balaban J connectivity index is 0.00000208. The first-order chi connectivity index (χ1) is 11.2. The van der Waals surface area contributed by atoms with Crippen LogP contribution in [0.25, 0.3) is 0 Å². The Labute approximate surface area is 150 Å². The number of carbonyl (C=O) groups excluding carboxylic acids is 2. The Bertz CT molecular complexity index is 670. The molecule has 8 heteroatoms. The first-order valence-electron chi connectivity index (χ1n) is 7.25. The second-order valence-electron chi connectivity index (χ2n) is 5.12. The van der Waals surface area contributed by atoms with Crippen LogP contribution in [-0.4, -0.2) is 29.5 Å². The predicted octanol–water partition coefficient (Wildman–Crippen LogP) is 2.23. The Kier molecular flexibility index (Phi) is 6.72. The smallest absolute Gasteiger partial charge is 0.291 e. The summed E-state index contributed by atoms with van der Waals surface area (Å²) in [5.41, 5.74) is 1.65. The first-order valence-corrected chi connectivity index (χ1v) is 8.40. The molecule has 1 aliphatic heterocycles. The summed E-state index contributed by atoms with van der Waals surface area (Å²) in [6.07, 6.45) is 1.46. The predicted molar refractivity (Wildman–Crippen MR) is 96.4 cm³/mol. The van der Waals surface area contributed by atoms with E-state index in [1.807, 2.05) is 12.1 Å². The van der Waals surface area contributed by atoms with Crippen molar-refractivity contribution < 1.29 is 14.0 Å². The number of benzene rings is 1. The van der Waals surface area contributed by atoms with Crippen molar-refractivity contribution in [2.24, 2.45) is 0 Å². The standard InChI is InChI=1S/C16H17N3O3S.ClH/c20-15(13-9-23-10-18-13)17-8-11-3-5-12(6-4-11)19-16(21)14-2-1-7-22-14;/h1-7,13,18H,8-10H2,(H,17,20)(H,19,21);1H. The van der Waals surface area contributed by atoms with Gasteiger partial charge in [-0.3, -0.25) is 14.9 Å². The fourth-order valence-corrected chi connectivity index (χ4v) is 3.12. The number of furan rings is 1. The molecular weight excluding hydrogens is 350 g/mol. The molecular formula is C16H18ClN3O3S. The number of hydrogen-bond acceptors (Lipinski definition) is 5. The minimum Gasteiger partial charge on any atom is -0.459 e. The largest absolute Gasteiger partial charge is 0.459 e. The summed E-state index contributed by atoms with van der Waals surface area (Å²) in [6.45, 7) is 0.466. The molecule has 0 aliphatic carbocycles. The van der Waals surface area contributed by atoms with Gasteiger partial charge >= 0.3 is 0 Å². The van der Waals surface area contributed by atoms with Gasteiger partial charge in [-0.25, -0.2) is 0 Å². The number of amides is 2. The van der Waals surface area contributed by atoms with Crippen molar-refractivity contribution in [2.45, 2.75) is 12.6 Å². The average Bonchev–Trinajstić information content (AvgIpc) is 3.27. The maximum absolute atomic E-state index is 11.9. The highest BCUT2D eigenvalue weighted by molar-refractivity contribution is 7.99. The summed E-state index contributed by atoms with van der Waals surface area (Å²) in [7, 11) is 0. The SMILES string of the molecule is Cl.O=C(Nc1ccc(CNC(=O)C2CSCN2)cc1)c1ccco1. The monoisotopic (exact) mass is 367 g/mol. The van der Waals surface area contributed by atoms with Gasteiger partial charge in [0.25, 0.3) is 5.91 Å². The summed E-state index contributed by atoms with van der Waals surface area (Å²) >= 11 is 1.72. The van der Waals surface area contributed by atoms with E-state index < -0.39 is 0 Å². The van der Waals surface area contributed by atoms with Gasteiger partial charge in [-0.15, -0.1) is 24.2 Å². The molecule has 2 amide bonds. The molecule has 24 heavy (non-hydrogen) atoms. The highest BCUT2D eigenvalue weighted by atomic mass is 35.5. The molecule has 1 unspecified atom stereocenters. The third kappa shape index (κ3) is 4.77. The van der Waals surface area contributed by atoms with Crippen molar-refractivity contribution in [1.82, 2.24) is 10.6 Å². The van der Waals surface area contributed by atoms with Crippen molar-refractivity contribution in [3.8, 4) is 0 Å². The zero-order valence-electron chi connectivity index (χ0n) is 12.8. The van der Waals surface area contributed by atoms with E-state index in [1.54, 1.807) is 36.0 Å². The molecule has 1 aromatic carbocycles. The van der Waals surface area contributed by atoms with Crippen LogP contribution in [0.4, 0.5) is 5.69 Å². The maximum Gasteiger partial charge on any atom is 0.291 e. The summed E-state index contributed by atoms with van der Waals surface area (Å²) in [5.74, 6) is 1.63. The van der Waals surface area contributed by atoms with E-state index in [0.717, 1.165) is 17.2 Å². The molecule has 0 spiro atoms. The molecule has 1 fully saturated rings. The lowest BCUT2D eigenvalue weighted by molar-refractivity contribution is -0.122. The quantitative estimate of drug-likeness (QED) is 0.754. The van der Waals surface area contributed by atoms with Gasteiger partial charge < -0.3 is 15.1 Å². The Morgan fingerprint density at radius 2 is 2.04 bits per heavy atom. The van der Waals surface area contributed by atoms with Gasteiger partial charge in [-0.05, 0) is 29.8 Å². The summed E-state index contributed by atoms with van der Waals surface area (Å²) in [6, 6.07) is 10.5. The number of nitrogens with one attached hydrogen (secondary N) is 3. The van der Waals surface area contributed by atoms with Crippen molar-refractivity contribution >= 4 is 41.7 Å². The Hall–Kier alpha value is -1.96. The third-order valence-corrected chi connectivity index (χ3v) is 4.40. The van der Waals surface area contributed by atoms with Crippen LogP contribution >= 0.6 is 24.2 Å². The minimum atomic E-state index is -0.291. The lowest BCUT2D eigenvalue weighted by atomic mass is 10.2. The first kappa shape index (κ1) is 18.4. The van der Waals surface area contributed by atoms with E-state index in [0.29, 0.717) is 12.2 Å². The van der Waals surface area contributed by atoms with Gasteiger partial charge in [0.05, 0.1) is 12.3 Å². The van der Waals surface area contributed by atoms with Crippen LogP contribution in [0.5, 0.6) is 0 Å². The molecule has 128 valence electrons. The van der Waals surface area contributed by atoms with Gasteiger partial charge in [0.2, 0.25) is 5.91 Å². The maximum atomic E-state index is 11.9. The second kappa shape index (κ2) is 8.77.